The van der Waals surface area contributed by atoms with Crippen LogP contribution in [0.25, 0.3) is 0 Å². The molecule has 1 aliphatic rings. The van der Waals surface area contributed by atoms with E-state index in [9.17, 15) is 13.2 Å². The molecule has 0 radical (unpaired) electrons. The van der Waals surface area contributed by atoms with Crippen LogP contribution in [0.1, 0.15) is 32.3 Å². The van der Waals surface area contributed by atoms with E-state index in [-0.39, 0.29) is 0 Å². The van der Waals surface area contributed by atoms with Crippen LogP contribution in [0.15, 0.2) is 24.3 Å². The summed E-state index contributed by atoms with van der Waals surface area (Å²) in [7, 11) is 1.95. The molecule has 1 aromatic carbocycles. The molecule has 1 N–H and O–H groups in total. The van der Waals surface area contributed by atoms with Gasteiger partial charge in [0.15, 0.2) is 0 Å². The summed E-state index contributed by atoms with van der Waals surface area (Å²) < 4.78 is 37.4. The zero-order valence-electron chi connectivity index (χ0n) is 13.0. The number of anilines is 1. The summed E-state index contributed by atoms with van der Waals surface area (Å²) in [5, 5.41) is 3.17. The zero-order valence-corrected chi connectivity index (χ0v) is 13.0. The molecule has 120 valence electrons. The van der Waals surface area contributed by atoms with E-state index in [0.717, 1.165) is 50.3 Å². The minimum atomic E-state index is -4.25. The third kappa shape index (κ3) is 5.23. The van der Waals surface area contributed by atoms with Crippen LogP contribution >= 0.6 is 0 Å². The van der Waals surface area contributed by atoms with E-state index in [0.29, 0.717) is 5.92 Å². The summed E-state index contributed by atoms with van der Waals surface area (Å²) in [6, 6.07) is 5.46. The first-order chi connectivity index (χ1) is 10.0. The number of halogens is 3. The highest BCUT2D eigenvalue weighted by Crippen LogP contribution is 2.31. The van der Waals surface area contributed by atoms with Gasteiger partial charge in [0.2, 0.25) is 0 Å². The van der Waals surface area contributed by atoms with Crippen LogP contribution in [0.2, 0.25) is 0 Å². The van der Waals surface area contributed by atoms with Crippen molar-refractivity contribution in [2.45, 2.75) is 32.9 Å². The van der Waals surface area contributed by atoms with Crippen molar-refractivity contribution in [1.29, 1.82) is 0 Å². The molecule has 1 aliphatic heterocycles. The molecule has 1 saturated heterocycles. The second-order valence-electron chi connectivity index (χ2n) is 5.03. The van der Waals surface area contributed by atoms with Crippen molar-refractivity contribution < 1.29 is 13.2 Å². The Morgan fingerprint density at radius 1 is 1.10 bits per heavy atom. The van der Waals surface area contributed by atoms with Crippen molar-refractivity contribution >= 4 is 5.69 Å². The number of hydrogen-bond donors (Lipinski definition) is 1. The van der Waals surface area contributed by atoms with E-state index in [1.807, 2.05) is 20.9 Å². The number of nitrogens with one attached hydrogen (secondary N) is 1. The Morgan fingerprint density at radius 3 is 2.05 bits per heavy atom. The fraction of sp³-hybridized carbons (Fsp3) is 0.625. The van der Waals surface area contributed by atoms with Gasteiger partial charge in [0.25, 0.3) is 0 Å². The van der Waals surface area contributed by atoms with Crippen LogP contribution in [0.4, 0.5) is 18.9 Å². The lowest BCUT2D eigenvalue weighted by Crippen LogP contribution is -2.36. The molecule has 1 fully saturated rings. The molecule has 0 amide bonds. The molecular weight excluding hydrogens is 277 g/mol. The van der Waals surface area contributed by atoms with Crippen molar-refractivity contribution in [3.63, 3.8) is 0 Å². The lowest BCUT2D eigenvalue weighted by molar-refractivity contribution is -0.137. The minimum Gasteiger partial charge on any atom is -0.372 e. The highest BCUT2D eigenvalue weighted by molar-refractivity contribution is 5.48. The maximum atomic E-state index is 12.5. The molecule has 1 aromatic rings. The smallest absolute Gasteiger partial charge is 0.372 e. The molecule has 0 bridgehead atoms. The molecule has 2 rings (SSSR count). The van der Waals surface area contributed by atoms with E-state index in [1.54, 1.807) is 12.1 Å². The Kier molecular flexibility index (Phi) is 7.02. The van der Waals surface area contributed by atoms with E-state index in [2.05, 4.69) is 10.2 Å². The van der Waals surface area contributed by atoms with Gasteiger partial charge in [-0.15, -0.1) is 0 Å². The number of benzene rings is 1. The summed E-state index contributed by atoms with van der Waals surface area (Å²) in [6.45, 7) is 6.84. The number of piperidine rings is 1. The fourth-order valence-corrected chi connectivity index (χ4v) is 2.55. The van der Waals surface area contributed by atoms with Gasteiger partial charge in [-0.05, 0) is 56.6 Å². The van der Waals surface area contributed by atoms with Gasteiger partial charge in [0.1, 0.15) is 0 Å². The van der Waals surface area contributed by atoms with Crippen LogP contribution in [-0.2, 0) is 6.18 Å². The highest BCUT2D eigenvalue weighted by atomic mass is 19.4. The van der Waals surface area contributed by atoms with Gasteiger partial charge in [0.05, 0.1) is 5.56 Å². The fourth-order valence-electron chi connectivity index (χ4n) is 2.55. The van der Waals surface area contributed by atoms with Crippen molar-refractivity contribution in [2.75, 3.05) is 31.6 Å². The topological polar surface area (TPSA) is 15.3 Å². The van der Waals surface area contributed by atoms with Crippen molar-refractivity contribution in [3.8, 4) is 0 Å². The number of hydrogen-bond acceptors (Lipinski definition) is 2. The van der Waals surface area contributed by atoms with Crippen LogP contribution in [0.5, 0.6) is 0 Å². The van der Waals surface area contributed by atoms with Crippen LogP contribution in [-0.4, -0.2) is 26.7 Å². The molecule has 0 spiro atoms. The molecule has 0 unspecified atom stereocenters. The highest BCUT2D eigenvalue weighted by Gasteiger charge is 2.30. The molecule has 0 aromatic heterocycles. The maximum absolute atomic E-state index is 12.5. The lowest BCUT2D eigenvalue weighted by Gasteiger charge is -2.33. The second kappa shape index (κ2) is 8.27. The Balaban J connectivity index is 0.00000106. The molecular formula is C16H25F3N2. The van der Waals surface area contributed by atoms with Crippen molar-refractivity contribution in [3.05, 3.63) is 29.8 Å². The largest absolute Gasteiger partial charge is 0.416 e. The molecule has 5 heteroatoms. The van der Waals surface area contributed by atoms with Gasteiger partial charge in [-0.2, -0.15) is 13.2 Å². The first kappa shape index (κ1) is 17.8. The van der Waals surface area contributed by atoms with E-state index < -0.39 is 11.7 Å². The Labute approximate surface area is 125 Å². The third-order valence-electron chi connectivity index (χ3n) is 3.67. The molecule has 1 heterocycles. The monoisotopic (exact) mass is 302 g/mol. The Morgan fingerprint density at radius 2 is 1.62 bits per heavy atom. The van der Waals surface area contributed by atoms with Crippen LogP contribution < -0.4 is 10.2 Å². The Bertz CT molecular complexity index is 393. The molecule has 0 saturated carbocycles. The zero-order chi connectivity index (χ0) is 15.9. The number of nitrogens with zero attached hydrogens (tertiary/aromatic N) is 1. The summed E-state index contributed by atoms with van der Waals surface area (Å²) in [5.74, 6) is 0.677. The SMILES string of the molecule is CC.CNCC1CCN(c2ccc(C(F)(F)F)cc2)CC1. The first-order valence-corrected chi connectivity index (χ1v) is 7.57. The van der Waals surface area contributed by atoms with Gasteiger partial charge in [0, 0.05) is 18.8 Å². The minimum absolute atomic E-state index is 0.582. The van der Waals surface area contributed by atoms with Crippen molar-refractivity contribution in [1.82, 2.24) is 5.32 Å². The van der Waals surface area contributed by atoms with Crippen LogP contribution in [0, 0.1) is 5.92 Å². The molecule has 2 nitrogen and oxygen atoms in total. The van der Waals surface area contributed by atoms with Gasteiger partial charge < -0.3 is 10.2 Å². The molecule has 0 aliphatic carbocycles. The maximum Gasteiger partial charge on any atom is 0.416 e. The summed E-state index contributed by atoms with van der Waals surface area (Å²) in [6.07, 6.45) is -2.08. The van der Waals surface area contributed by atoms with Crippen LogP contribution in [0.3, 0.4) is 0 Å². The average Bonchev–Trinajstić information content (AvgIpc) is 2.50. The quantitative estimate of drug-likeness (QED) is 0.901. The van der Waals surface area contributed by atoms with E-state index >= 15 is 0 Å². The summed E-state index contributed by atoms with van der Waals surface area (Å²) in [5.41, 5.74) is 0.303. The lowest BCUT2D eigenvalue weighted by atomic mass is 9.96. The average molecular weight is 302 g/mol. The predicted molar refractivity (Wildman–Crippen MR) is 81.7 cm³/mol. The Hall–Kier alpha value is -1.23. The summed E-state index contributed by atoms with van der Waals surface area (Å²) >= 11 is 0. The van der Waals surface area contributed by atoms with Gasteiger partial charge in [-0.3, -0.25) is 0 Å². The predicted octanol–water partition coefficient (Wildman–Crippen LogP) is 4.17. The standard InChI is InChI=1S/C14H19F3N2.C2H6/c1-18-10-11-6-8-19(9-7-11)13-4-2-12(3-5-13)14(15,16)17;1-2/h2-5,11,18H,6-10H2,1H3;1-2H3. The first-order valence-electron chi connectivity index (χ1n) is 7.57. The number of alkyl halides is 3. The van der Waals surface area contributed by atoms with Gasteiger partial charge in [-0.25, -0.2) is 0 Å². The summed E-state index contributed by atoms with van der Waals surface area (Å²) in [4.78, 5) is 2.16. The third-order valence-corrected chi connectivity index (χ3v) is 3.67. The van der Waals surface area contributed by atoms with E-state index in [4.69, 9.17) is 0 Å². The van der Waals surface area contributed by atoms with Gasteiger partial charge in [-0.1, -0.05) is 13.8 Å². The van der Waals surface area contributed by atoms with Gasteiger partial charge >= 0.3 is 6.18 Å². The van der Waals surface area contributed by atoms with Crippen molar-refractivity contribution in [2.24, 2.45) is 5.92 Å². The molecule has 21 heavy (non-hydrogen) atoms. The second-order valence-corrected chi connectivity index (χ2v) is 5.03. The normalized spacial score (nSPS) is 16.4. The number of rotatable bonds is 3. The van der Waals surface area contributed by atoms with E-state index in [1.165, 1.54) is 0 Å². The molecule has 0 atom stereocenters.